The zero-order valence-electron chi connectivity index (χ0n) is 24.0. The van der Waals surface area contributed by atoms with Crippen LogP contribution >= 0.6 is 22.7 Å². The van der Waals surface area contributed by atoms with Crippen LogP contribution in [-0.4, -0.2) is 59.5 Å². The standard InChI is InChI=1S/C15H10N4S.C10H12N2O.C7H7N3S/c1-5-16-6-2-11(1)14-3-7-17-15-13(9-18-19(14)15)12-4-8-20-10-12;1-12(2)8-5-10(13)9-3-6-11-7-4-9;8-7-6(3-9-10-7)5-1-2-11-4-5/h1-10H;3-8H,1-2H3;1-4H,(H3,8,9,10)/b;8-5+;. The van der Waals surface area contributed by atoms with Crippen molar-refractivity contribution in [3.05, 3.63) is 125 Å². The molecule has 7 aromatic rings. The molecule has 7 aromatic heterocycles. The summed E-state index contributed by atoms with van der Waals surface area (Å²) in [5, 5.41) is 19.2. The number of nitrogen functional groups attached to an aromatic ring is 1. The number of carbonyl (C=O) groups excluding carboxylic acids is 1. The van der Waals surface area contributed by atoms with Gasteiger partial charge in [0.05, 0.1) is 18.1 Å². The summed E-state index contributed by atoms with van der Waals surface area (Å²) in [6.45, 7) is 0. The number of thiophene rings is 2. The van der Waals surface area contributed by atoms with Crippen LogP contribution in [0.2, 0.25) is 0 Å². The van der Waals surface area contributed by atoms with Gasteiger partial charge in [-0.05, 0) is 75.1 Å². The number of hydrogen-bond donors (Lipinski definition) is 2. The van der Waals surface area contributed by atoms with Crippen molar-refractivity contribution in [2.45, 2.75) is 0 Å². The van der Waals surface area contributed by atoms with Crippen LogP contribution in [0, 0.1) is 0 Å². The monoisotopic (exact) mass is 619 g/mol. The number of nitrogens with two attached hydrogens (primary N) is 1. The molecule has 12 heteroatoms. The Balaban J connectivity index is 0.000000139. The molecule has 0 amide bonds. The van der Waals surface area contributed by atoms with E-state index in [4.69, 9.17) is 5.73 Å². The fraction of sp³-hybridized carbons (Fsp3) is 0.0625. The molecule has 0 aromatic carbocycles. The lowest BCUT2D eigenvalue weighted by atomic mass is 10.1. The fourth-order valence-electron chi connectivity index (χ4n) is 4.03. The van der Waals surface area contributed by atoms with Gasteiger partial charge in [0.2, 0.25) is 0 Å². The molecule has 220 valence electrons. The second-order valence-corrected chi connectivity index (χ2v) is 11.0. The minimum Gasteiger partial charge on any atom is -0.384 e. The lowest BCUT2D eigenvalue weighted by Crippen LogP contribution is -2.03. The van der Waals surface area contributed by atoms with Gasteiger partial charge >= 0.3 is 0 Å². The molecule has 7 rings (SSSR count). The molecule has 0 radical (unpaired) electrons. The van der Waals surface area contributed by atoms with Gasteiger partial charge in [-0.3, -0.25) is 19.9 Å². The molecule has 0 aliphatic heterocycles. The SMILES string of the molecule is CN(C)/C=C/C(=O)c1ccncc1.Nc1[nH]ncc1-c1ccsc1.c1cc(-c2ccnc3c(-c4ccsc4)cnn23)ccn1. The normalized spacial score (nSPS) is 10.6. The van der Waals surface area contributed by atoms with Gasteiger partial charge in [0, 0.05) is 79.6 Å². The molecule has 3 N–H and O–H groups in total. The van der Waals surface area contributed by atoms with E-state index in [1.54, 1.807) is 72.0 Å². The van der Waals surface area contributed by atoms with Gasteiger partial charge in [0.1, 0.15) is 5.82 Å². The van der Waals surface area contributed by atoms with E-state index in [-0.39, 0.29) is 5.78 Å². The predicted molar refractivity (Wildman–Crippen MR) is 177 cm³/mol. The summed E-state index contributed by atoms with van der Waals surface area (Å²) in [7, 11) is 3.74. The molecule has 0 saturated carbocycles. The highest BCUT2D eigenvalue weighted by molar-refractivity contribution is 7.08. The lowest BCUT2D eigenvalue weighted by Gasteiger charge is -2.04. The first kappa shape index (κ1) is 30.0. The molecule has 0 saturated heterocycles. The number of ketones is 1. The van der Waals surface area contributed by atoms with Crippen LogP contribution in [0.4, 0.5) is 5.82 Å². The first-order valence-corrected chi connectivity index (χ1v) is 15.3. The van der Waals surface area contributed by atoms with Crippen molar-refractivity contribution in [3.63, 3.8) is 0 Å². The van der Waals surface area contributed by atoms with E-state index in [9.17, 15) is 4.79 Å². The molecule has 0 aliphatic rings. The van der Waals surface area contributed by atoms with Crippen LogP contribution in [0.15, 0.2) is 120 Å². The van der Waals surface area contributed by atoms with Crippen LogP contribution in [0.5, 0.6) is 0 Å². The number of nitrogens with zero attached hydrogens (tertiary/aromatic N) is 7. The third-order valence-corrected chi connectivity index (χ3v) is 7.57. The Morgan fingerprint density at radius 1 is 0.841 bits per heavy atom. The number of fused-ring (bicyclic) bond motifs is 1. The zero-order valence-corrected chi connectivity index (χ0v) is 25.6. The van der Waals surface area contributed by atoms with E-state index in [0.717, 1.165) is 39.2 Å². The van der Waals surface area contributed by atoms with Crippen LogP contribution in [0.3, 0.4) is 0 Å². The van der Waals surface area contributed by atoms with Crippen molar-refractivity contribution >= 4 is 39.9 Å². The van der Waals surface area contributed by atoms with Gasteiger partial charge in [-0.1, -0.05) is 0 Å². The maximum Gasteiger partial charge on any atom is 0.187 e. The summed E-state index contributed by atoms with van der Waals surface area (Å²) in [5.41, 5.74) is 13.6. The number of H-pyrrole nitrogens is 1. The van der Waals surface area contributed by atoms with Gasteiger partial charge in [-0.15, -0.1) is 0 Å². The van der Waals surface area contributed by atoms with Crippen LogP contribution < -0.4 is 5.73 Å². The predicted octanol–water partition coefficient (Wildman–Crippen LogP) is 6.58. The Hall–Kier alpha value is -5.46. The van der Waals surface area contributed by atoms with Crippen LogP contribution in [0.25, 0.3) is 39.2 Å². The van der Waals surface area contributed by atoms with Crippen molar-refractivity contribution in [2.75, 3.05) is 19.8 Å². The third-order valence-electron chi connectivity index (χ3n) is 6.20. The van der Waals surface area contributed by atoms with Gasteiger partial charge < -0.3 is 10.6 Å². The molecule has 0 atom stereocenters. The summed E-state index contributed by atoms with van der Waals surface area (Å²) < 4.78 is 1.88. The molecule has 10 nitrogen and oxygen atoms in total. The number of pyridine rings is 2. The van der Waals surface area contributed by atoms with E-state index in [1.165, 1.54) is 6.08 Å². The Morgan fingerprint density at radius 2 is 1.50 bits per heavy atom. The fourth-order valence-corrected chi connectivity index (χ4v) is 5.34. The lowest BCUT2D eigenvalue weighted by molar-refractivity contribution is 0.104. The topological polar surface area (TPSA) is 131 Å². The largest absolute Gasteiger partial charge is 0.384 e. The van der Waals surface area contributed by atoms with Gasteiger partial charge in [-0.2, -0.15) is 32.9 Å². The molecule has 0 unspecified atom stereocenters. The molecular formula is C32H29N9OS2. The Morgan fingerprint density at radius 3 is 2.09 bits per heavy atom. The van der Waals surface area contributed by atoms with Crippen molar-refractivity contribution < 1.29 is 4.79 Å². The van der Waals surface area contributed by atoms with Gasteiger partial charge in [-0.25, -0.2) is 9.50 Å². The molecule has 7 heterocycles. The number of aromatic amines is 1. The smallest absolute Gasteiger partial charge is 0.187 e. The summed E-state index contributed by atoms with van der Waals surface area (Å²) in [6.07, 6.45) is 15.5. The first-order chi connectivity index (χ1) is 21.5. The first-order valence-electron chi connectivity index (χ1n) is 13.4. The molecule has 0 aliphatic carbocycles. The molecule has 0 bridgehead atoms. The van der Waals surface area contributed by atoms with E-state index < -0.39 is 0 Å². The Kier molecular flexibility index (Phi) is 9.98. The minimum atomic E-state index is -0.00361. The molecule has 0 fully saturated rings. The number of hydrogen-bond acceptors (Lipinski definition) is 10. The van der Waals surface area contributed by atoms with E-state index in [2.05, 4.69) is 47.1 Å². The highest BCUT2D eigenvalue weighted by atomic mass is 32.1. The van der Waals surface area contributed by atoms with E-state index in [0.29, 0.717) is 11.4 Å². The van der Waals surface area contributed by atoms with E-state index >= 15 is 0 Å². The third kappa shape index (κ3) is 7.48. The number of carbonyl (C=O) groups is 1. The van der Waals surface area contributed by atoms with Crippen molar-refractivity contribution in [1.29, 1.82) is 0 Å². The molecule has 0 spiro atoms. The highest BCUT2D eigenvalue weighted by Crippen LogP contribution is 2.28. The average molecular weight is 620 g/mol. The minimum absolute atomic E-state index is 0.00361. The number of allylic oxidation sites excluding steroid dienone is 1. The maximum atomic E-state index is 11.4. The molecular weight excluding hydrogens is 591 g/mol. The Bertz CT molecular complexity index is 1910. The summed E-state index contributed by atoms with van der Waals surface area (Å²) >= 11 is 3.32. The number of nitrogens with one attached hydrogen (secondary N) is 1. The maximum absolute atomic E-state index is 11.4. The zero-order chi connectivity index (χ0) is 30.7. The summed E-state index contributed by atoms with van der Waals surface area (Å²) in [4.78, 5) is 25.6. The van der Waals surface area contributed by atoms with Crippen molar-refractivity contribution in [2.24, 2.45) is 0 Å². The molecule has 44 heavy (non-hydrogen) atoms. The van der Waals surface area contributed by atoms with E-state index in [1.807, 2.05) is 70.9 Å². The number of aromatic nitrogens is 7. The van der Waals surface area contributed by atoms with Crippen LogP contribution in [0.1, 0.15) is 10.4 Å². The number of rotatable bonds is 6. The summed E-state index contributed by atoms with van der Waals surface area (Å²) in [6, 6.07) is 13.4. The second kappa shape index (κ2) is 14.6. The Labute approximate surface area is 262 Å². The quantitative estimate of drug-likeness (QED) is 0.158. The van der Waals surface area contributed by atoms with Crippen molar-refractivity contribution in [3.8, 4) is 33.5 Å². The van der Waals surface area contributed by atoms with Crippen molar-refractivity contribution in [1.82, 2.24) is 39.7 Å². The number of anilines is 1. The van der Waals surface area contributed by atoms with Gasteiger partial charge in [0.15, 0.2) is 11.4 Å². The average Bonchev–Trinajstić information content (AvgIpc) is 3.89. The second-order valence-electron chi connectivity index (χ2n) is 9.46. The summed E-state index contributed by atoms with van der Waals surface area (Å²) in [5.74, 6) is 0.625. The van der Waals surface area contributed by atoms with Gasteiger partial charge in [0.25, 0.3) is 0 Å². The highest BCUT2D eigenvalue weighted by Gasteiger charge is 2.11. The van der Waals surface area contributed by atoms with Crippen LogP contribution in [-0.2, 0) is 0 Å².